The van der Waals surface area contributed by atoms with E-state index in [9.17, 15) is 4.79 Å². The Balaban J connectivity index is 1.46. The summed E-state index contributed by atoms with van der Waals surface area (Å²) in [7, 11) is 0. The molecule has 0 radical (unpaired) electrons. The Bertz CT molecular complexity index is 780. The number of rotatable bonds is 7. The van der Waals surface area contributed by atoms with Crippen molar-refractivity contribution in [1.29, 1.82) is 0 Å². The molecule has 0 saturated carbocycles. The van der Waals surface area contributed by atoms with Gasteiger partial charge in [0.2, 0.25) is 5.91 Å². The van der Waals surface area contributed by atoms with E-state index in [1.807, 2.05) is 31.2 Å². The molecular weight excluding hydrogens is 366 g/mol. The van der Waals surface area contributed by atoms with Crippen molar-refractivity contribution in [2.75, 3.05) is 49.6 Å². The van der Waals surface area contributed by atoms with E-state index in [1.165, 1.54) is 0 Å². The third-order valence-corrected chi connectivity index (χ3v) is 4.59. The molecule has 27 heavy (non-hydrogen) atoms. The molecule has 1 amide bonds. The van der Waals surface area contributed by atoms with E-state index in [0.717, 1.165) is 30.3 Å². The maximum Gasteiger partial charge on any atom is 0.224 e. The number of carbonyl (C=O) groups is 1. The number of ether oxygens (including phenoxy) is 1. The summed E-state index contributed by atoms with van der Waals surface area (Å²) in [6.45, 7) is 6.03. The van der Waals surface area contributed by atoms with Gasteiger partial charge in [0.15, 0.2) is 0 Å². The molecule has 1 aliphatic rings. The first-order valence-electron chi connectivity index (χ1n) is 9.04. The molecule has 7 nitrogen and oxygen atoms in total. The number of benzene rings is 1. The van der Waals surface area contributed by atoms with Gasteiger partial charge in [-0.25, -0.2) is 9.97 Å². The average molecular weight is 390 g/mol. The first-order valence-corrected chi connectivity index (χ1v) is 9.42. The topological polar surface area (TPSA) is 79.4 Å². The van der Waals surface area contributed by atoms with Gasteiger partial charge < -0.3 is 20.3 Å². The van der Waals surface area contributed by atoms with Crippen LogP contribution in [0.15, 0.2) is 30.3 Å². The number of halogens is 1. The second kappa shape index (κ2) is 9.53. The van der Waals surface area contributed by atoms with Gasteiger partial charge in [-0.15, -0.1) is 0 Å². The van der Waals surface area contributed by atoms with Crippen LogP contribution in [0.5, 0.6) is 0 Å². The van der Waals surface area contributed by atoms with E-state index in [0.29, 0.717) is 37.2 Å². The van der Waals surface area contributed by atoms with E-state index in [1.54, 1.807) is 6.07 Å². The molecule has 1 saturated heterocycles. The van der Waals surface area contributed by atoms with Crippen LogP contribution in [-0.2, 0) is 16.0 Å². The van der Waals surface area contributed by atoms with Crippen LogP contribution in [0.3, 0.4) is 0 Å². The Morgan fingerprint density at radius 1 is 1.22 bits per heavy atom. The predicted octanol–water partition coefficient (Wildman–Crippen LogP) is 2.05. The first kappa shape index (κ1) is 19.4. The number of hydrogen-bond acceptors (Lipinski definition) is 6. The molecule has 1 fully saturated rings. The van der Waals surface area contributed by atoms with Gasteiger partial charge >= 0.3 is 0 Å². The summed E-state index contributed by atoms with van der Waals surface area (Å²) in [5.74, 6) is 2.31. The first-order chi connectivity index (χ1) is 13.1. The van der Waals surface area contributed by atoms with Crippen LogP contribution in [0.25, 0.3) is 0 Å². The zero-order chi connectivity index (χ0) is 19.1. The van der Waals surface area contributed by atoms with E-state index in [2.05, 4.69) is 25.5 Å². The predicted molar refractivity (Wildman–Crippen MR) is 106 cm³/mol. The van der Waals surface area contributed by atoms with Crippen molar-refractivity contribution in [1.82, 2.24) is 15.3 Å². The number of morpholine rings is 1. The molecule has 3 rings (SSSR count). The average Bonchev–Trinajstić information content (AvgIpc) is 2.67. The largest absolute Gasteiger partial charge is 0.378 e. The molecule has 2 aromatic rings. The maximum absolute atomic E-state index is 12.0. The van der Waals surface area contributed by atoms with Crippen molar-refractivity contribution in [2.24, 2.45) is 0 Å². The van der Waals surface area contributed by atoms with Gasteiger partial charge in [0.05, 0.1) is 19.6 Å². The molecule has 1 aromatic heterocycles. The lowest BCUT2D eigenvalue weighted by Crippen LogP contribution is -2.37. The molecule has 2 heterocycles. The maximum atomic E-state index is 12.0. The lowest BCUT2D eigenvalue weighted by atomic mass is 10.1. The number of aryl methyl sites for hydroxylation is 1. The molecule has 8 heteroatoms. The van der Waals surface area contributed by atoms with E-state index in [-0.39, 0.29) is 12.3 Å². The van der Waals surface area contributed by atoms with Gasteiger partial charge in [-0.3, -0.25) is 4.79 Å². The summed E-state index contributed by atoms with van der Waals surface area (Å²) in [6.07, 6.45) is 0.271. The van der Waals surface area contributed by atoms with Crippen molar-refractivity contribution in [2.45, 2.75) is 13.3 Å². The van der Waals surface area contributed by atoms with Gasteiger partial charge in [-0.1, -0.05) is 29.8 Å². The van der Waals surface area contributed by atoms with Gasteiger partial charge in [0.1, 0.15) is 17.5 Å². The summed E-state index contributed by atoms with van der Waals surface area (Å²) in [4.78, 5) is 23.2. The molecular formula is C19H24ClN5O2. The SMILES string of the molecule is Cc1nc(NCCNC(=O)Cc2ccccc2Cl)cc(N2CCOCC2)n1. The Hall–Kier alpha value is -2.38. The van der Waals surface area contributed by atoms with Crippen LogP contribution in [0.2, 0.25) is 5.02 Å². The summed E-state index contributed by atoms with van der Waals surface area (Å²) in [5, 5.41) is 6.75. The monoisotopic (exact) mass is 389 g/mol. The third kappa shape index (κ3) is 5.80. The summed E-state index contributed by atoms with van der Waals surface area (Å²) in [6, 6.07) is 9.30. The molecule has 144 valence electrons. The zero-order valence-electron chi connectivity index (χ0n) is 15.4. The van der Waals surface area contributed by atoms with Crippen LogP contribution in [-0.4, -0.2) is 55.3 Å². The van der Waals surface area contributed by atoms with Gasteiger partial charge in [0.25, 0.3) is 0 Å². The number of hydrogen-bond donors (Lipinski definition) is 2. The molecule has 0 unspecified atom stereocenters. The number of nitrogens with one attached hydrogen (secondary N) is 2. The van der Waals surface area contributed by atoms with Crippen LogP contribution in [0.4, 0.5) is 11.6 Å². The highest BCUT2D eigenvalue weighted by Crippen LogP contribution is 2.17. The quantitative estimate of drug-likeness (QED) is 0.705. The molecule has 1 aromatic carbocycles. The van der Waals surface area contributed by atoms with Gasteiger partial charge in [-0.05, 0) is 18.6 Å². The Kier molecular flexibility index (Phi) is 6.84. The van der Waals surface area contributed by atoms with E-state index < -0.39 is 0 Å². The number of amides is 1. The van der Waals surface area contributed by atoms with Crippen LogP contribution in [0.1, 0.15) is 11.4 Å². The van der Waals surface area contributed by atoms with Gasteiger partial charge in [0, 0.05) is 37.3 Å². The minimum atomic E-state index is -0.0576. The Morgan fingerprint density at radius 2 is 2.00 bits per heavy atom. The normalized spacial score (nSPS) is 14.1. The molecule has 0 aliphatic carbocycles. The minimum Gasteiger partial charge on any atom is -0.378 e. The molecule has 0 bridgehead atoms. The fourth-order valence-corrected chi connectivity index (χ4v) is 3.07. The highest BCUT2D eigenvalue weighted by molar-refractivity contribution is 6.31. The Labute approximate surface area is 164 Å². The van der Waals surface area contributed by atoms with Crippen molar-refractivity contribution in [3.05, 3.63) is 46.7 Å². The zero-order valence-corrected chi connectivity index (χ0v) is 16.1. The second-order valence-electron chi connectivity index (χ2n) is 6.30. The third-order valence-electron chi connectivity index (χ3n) is 4.22. The number of anilines is 2. The number of nitrogens with zero attached hydrogens (tertiary/aromatic N) is 3. The van der Waals surface area contributed by atoms with Crippen molar-refractivity contribution in [3.8, 4) is 0 Å². The van der Waals surface area contributed by atoms with Crippen LogP contribution in [0, 0.1) is 6.92 Å². The molecule has 1 aliphatic heterocycles. The summed E-state index contributed by atoms with van der Waals surface area (Å²) < 4.78 is 5.38. The molecule has 2 N–H and O–H groups in total. The van der Waals surface area contributed by atoms with E-state index >= 15 is 0 Å². The van der Waals surface area contributed by atoms with Gasteiger partial charge in [-0.2, -0.15) is 0 Å². The lowest BCUT2D eigenvalue weighted by molar-refractivity contribution is -0.120. The van der Waals surface area contributed by atoms with Crippen molar-refractivity contribution in [3.63, 3.8) is 0 Å². The van der Waals surface area contributed by atoms with Crippen LogP contribution < -0.4 is 15.5 Å². The summed E-state index contributed by atoms with van der Waals surface area (Å²) in [5.41, 5.74) is 0.825. The van der Waals surface area contributed by atoms with Crippen molar-refractivity contribution >= 4 is 29.1 Å². The number of aromatic nitrogens is 2. The molecule has 0 spiro atoms. The standard InChI is InChI=1S/C19H24ClN5O2/c1-14-23-17(13-18(24-14)25-8-10-27-11-9-25)21-6-7-22-19(26)12-15-4-2-3-5-16(15)20/h2-5,13H,6-12H2,1H3,(H,22,26)(H,21,23,24). The highest BCUT2D eigenvalue weighted by atomic mass is 35.5. The smallest absolute Gasteiger partial charge is 0.224 e. The minimum absolute atomic E-state index is 0.0576. The highest BCUT2D eigenvalue weighted by Gasteiger charge is 2.14. The van der Waals surface area contributed by atoms with E-state index in [4.69, 9.17) is 16.3 Å². The second-order valence-corrected chi connectivity index (χ2v) is 6.71. The fourth-order valence-electron chi connectivity index (χ4n) is 2.87. The number of carbonyl (C=O) groups excluding carboxylic acids is 1. The fraction of sp³-hybridized carbons (Fsp3) is 0.421. The van der Waals surface area contributed by atoms with Crippen molar-refractivity contribution < 1.29 is 9.53 Å². The van der Waals surface area contributed by atoms with Crippen LogP contribution >= 0.6 is 11.6 Å². The Morgan fingerprint density at radius 3 is 2.78 bits per heavy atom. The molecule has 0 atom stereocenters. The summed E-state index contributed by atoms with van der Waals surface area (Å²) >= 11 is 6.09. The lowest BCUT2D eigenvalue weighted by Gasteiger charge is -2.28.